The second-order valence-electron chi connectivity index (χ2n) is 7.53. The van der Waals surface area contributed by atoms with Crippen LogP contribution in [0, 0.1) is 6.92 Å². The lowest BCUT2D eigenvalue weighted by molar-refractivity contribution is -0.122. The molecule has 162 valence electrons. The number of carbonyl (C=O) groups is 3. The first-order chi connectivity index (χ1) is 16.0. The van der Waals surface area contributed by atoms with Crippen LogP contribution in [0.25, 0.3) is 16.8 Å². The Kier molecular flexibility index (Phi) is 5.32. The van der Waals surface area contributed by atoms with Crippen molar-refractivity contribution in [1.29, 1.82) is 0 Å². The molecule has 0 saturated carbocycles. The number of imide groups is 2. The smallest absolute Gasteiger partial charge is 0.335 e. The second-order valence-corrected chi connectivity index (χ2v) is 8.58. The number of furan rings is 1. The zero-order chi connectivity index (χ0) is 22.9. The highest BCUT2D eigenvalue weighted by Gasteiger charge is 2.37. The number of aryl methyl sites for hydroxylation is 1. The maximum Gasteiger partial charge on any atom is 0.335 e. The molecule has 6 nitrogen and oxygen atoms in total. The van der Waals surface area contributed by atoms with Crippen LogP contribution in [0.1, 0.15) is 11.3 Å². The topological polar surface area (TPSA) is 79.6 Å². The third kappa shape index (κ3) is 4.06. The van der Waals surface area contributed by atoms with Gasteiger partial charge in [-0.1, -0.05) is 65.9 Å². The van der Waals surface area contributed by atoms with Gasteiger partial charge in [0.25, 0.3) is 11.8 Å². The van der Waals surface area contributed by atoms with Crippen molar-refractivity contribution in [3.05, 3.63) is 95.8 Å². The molecule has 1 N–H and O–H groups in total. The first-order valence-electron chi connectivity index (χ1n) is 10.2. The Morgan fingerprint density at radius 3 is 2.45 bits per heavy atom. The van der Waals surface area contributed by atoms with Crippen LogP contribution in [0.2, 0.25) is 0 Å². The molecule has 3 aromatic carbocycles. The fourth-order valence-electron chi connectivity index (χ4n) is 3.59. The standard InChI is InChI=1S/C26H18N2O4S/c1-16-9-11-18(12-10-16)28-25(30)21(24(29)27-26(28)31)15-19-13-14-23(32-19)33-22-8-4-6-17-5-2-3-7-20(17)22/h2-15H,1H3,(H,27,29,31)/b21-15-. The maximum absolute atomic E-state index is 13.0. The van der Waals surface area contributed by atoms with Crippen molar-refractivity contribution < 1.29 is 18.8 Å². The Labute approximate surface area is 193 Å². The van der Waals surface area contributed by atoms with Crippen molar-refractivity contribution in [3.63, 3.8) is 0 Å². The molecule has 1 aliphatic heterocycles. The number of nitrogens with zero attached hydrogens (tertiary/aromatic N) is 1. The Morgan fingerprint density at radius 1 is 0.879 bits per heavy atom. The molecule has 1 aromatic heterocycles. The number of fused-ring (bicyclic) bond motifs is 1. The van der Waals surface area contributed by atoms with E-state index in [9.17, 15) is 14.4 Å². The summed E-state index contributed by atoms with van der Waals surface area (Å²) in [4.78, 5) is 39.7. The molecular weight excluding hydrogens is 436 g/mol. The molecule has 2 heterocycles. The van der Waals surface area contributed by atoms with Gasteiger partial charge in [-0.15, -0.1) is 0 Å². The molecule has 1 aliphatic rings. The number of nitrogens with one attached hydrogen (secondary N) is 1. The summed E-state index contributed by atoms with van der Waals surface area (Å²) >= 11 is 1.45. The monoisotopic (exact) mass is 454 g/mol. The summed E-state index contributed by atoms with van der Waals surface area (Å²) < 4.78 is 5.87. The maximum atomic E-state index is 13.0. The van der Waals surface area contributed by atoms with Gasteiger partial charge in [0.05, 0.1) is 5.69 Å². The van der Waals surface area contributed by atoms with Crippen molar-refractivity contribution in [2.75, 3.05) is 4.90 Å². The molecule has 0 unspecified atom stereocenters. The zero-order valence-corrected chi connectivity index (χ0v) is 18.4. The van der Waals surface area contributed by atoms with Gasteiger partial charge in [0.1, 0.15) is 11.3 Å². The summed E-state index contributed by atoms with van der Waals surface area (Å²) in [5, 5.41) is 5.07. The molecule has 0 aliphatic carbocycles. The van der Waals surface area contributed by atoms with E-state index >= 15 is 0 Å². The van der Waals surface area contributed by atoms with Crippen LogP contribution >= 0.6 is 11.8 Å². The van der Waals surface area contributed by atoms with E-state index in [1.54, 1.807) is 36.4 Å². The van der Waals surface area contributed by atoms with Crippen LogP contribution in [0.4, 0.5) is 10.5 Å². The Morgan fingerprint density at radius 2 is 1.64 bits per heavy atom. The third-order valence-corrected chi connectivity index (χ3v) is 6.24. The van der Waals surface area contributed by atoms with E-state index in [2.05, 4.69) is 5.32 Å². The fraction of sp³-hybridized carbons (Fsp3) is 0.0385. The summed E-state index contributed by atoms with van der Waals surface area (Å²) in [6, 6.07) is 23.7. The summed E-state index contributed by atoms with van der Waals surface area (Å²) in [6.07, 6.45) is 1.36. The highest BCUT2D eigenvalue weighted by Crippen LogP contribution is 2.35. The van der Waals surface area contributed by atoms with Crippen LogP contribution < -0.4 is 10.2 Å². The number of amides is 4. The Bertz CT molecular complexity index is 1430. The molecule has 7 heteroatoms. The molecule has 1 fully saturated rings. The van der Waals surface area contributed by atoms with Gasteiger partial charge in [0.15, 0.2) is 5.09 Å². The van der Waals surface area contributed by atoms with E-state index in [1.165, 1.54) is 17.8 Å². The van der Waals surface area contributed by atoms with Gasteiger partial charge >= 0.3 is 6.03 Å². The molecule has 0 atom stereocenters. The molecule has 4 amide bonds. The number of anilines is 1. The lowest BCUT2D eigenvalue weighted by atomic mass is 10.1. The van der Waals surface area contributed by atoms with Gasteiger partial charge in [-0.25, -0.2) is 9.69 Å². The molecule has 33 heavy (non-hydrogen) atoms. The van der Waals surface area contributed by atoms with Gasteiger partial charge in [-0.2, -0.15) is 0 Å². The van der Waals surface area contributed by atoms with Gasteiger partial charge in [-0.05, 0) is 54.1 Å². The minimum absolute atomic E-state index is 0.175. The average Bonchev–Trinajstić information content (AvgIpc) is 3.25. The van der Waals surface area contributed by atoms with Crippen molar-refractivity contribution in [3.8, 4) is 0 Å². The number of rotatable bonds is 4. The van der Waals surface area contributed by atoms with Crippen molar-refractivity contribution in [2.45, 2.75) is 16.9 Å². The van der Waals surface area contributed by atoms with Crippen molar-refractivity contribution >= 4 is 52.1 Å². The van der Waals surface area contributed by atoms with E-state index in [-0.39, 0.29) is 5.57 Å². The van der Waals surface area contributed by atoms with Gasteiger partial charge < -0.3 is 4.42 Å². The molecule has 0 bridgehead atoms. The number of carbonyl (C=O) groups excluding carboxylic acids is 3. The average molecular weight is 455 g/mol. The molecule has 0 radical (unpaired) electrons. The summed E-state index contributed by atoms with van der Waals surface area (Å²) in [7, 11) is 0. The predicted octanol–water partition coefficient (Wildman–Crippen LogP) is 5.56. The van der Waals surface area contributed by atoms with Crippen LogP contribution in [0.3, 0.4) is 0 Å². The third-order valence-electron chi connectivity index (χ3n) is 5.24. The molecule has 1 saturated heterocycles. The highest BCUT2D eigenvalue weighted by molar-refractivity contribution is 7.99. The highest BCUT2D eigenvalue weighted by atomic mass is 32.2. The second kappa shape index (κ2) is 8.44. The van der Waals surface area contributed by atoms with E-state index < -0.39 is 17.8 Å². The number of benzene rings is 3. The minimum Gasteiger partial charge on any atom is -0.450 e. The molecule has 4 aromatic rings. The number of hydrogen-bond acceptors (Lipinski definition) is 5. The number of barbiturate groups is 1. The van der Waals surface area contributed by atoms with E-state index in [1.807, 2.05) is 49.4 Å². The summed E-state index contributed by atoms with van der Waals surface area (Å²) in [5.74, 6) is -1.12. The summed E-state index contributed by atoms with van der Waals surface area (Å²) in [6.45, 7) is 1.90. The van der Waals surface area contributed by atoms with E-state index in [0.29, 0.717) is 16.5 Å². The van der Waals surface area contributed by atoms with Gasteiger partial charge in [0.2, 0.25) is 0 Å². The van der Waals surface area contributed by atoms with Crippen LogP contribution in [0.15, 0.2) is 98.8 Å². The van der Waals surface area contributed by atoms with Crippen LogP contribution in [0.5, 0.6) is 0 Å². The quantitative estimate of drug-likeness (QED) is 0.323. The summed E-state index contributed by atoms with van der Waals surface area (Å²) in [5.41, 5.74) is 1.20. The van der Waals surface area contributed by atoms with Gasteiger partial charge in [-0.3, -0.25) is 14.9 Å². The number of urea groups is 1. The first-order valence-corrected chi connectivity index (χ1v) is 11.0. The Hall–Kier alpha value is -4.10. The lowest BCUT2D eigenvalue weighted by Gasteiger charge is -2.26. The van der Waals surface area contributed by atoms with Crippen LogP contribution in [-0.2, 0) is 9.59 Å². The normalized spacial score (nSPS) is 15.4. The van der Waals surface area contributed by atoms with Gasteiger partial charge in [0, 0.05) is 4.90 Å². The van der Waals surface area contributed by atoms with E-state index in [0.717, 1.165) is 26.1 Å². The minimum atomic E-state index is -0.780. The zero-order valence-electron chi connectivity index (χ0n) is 17.6. The molecular formula is C26H18N2O4S. The molecule has 5 rings (SSSR count). The lowest BCUT2D eigenvalue weighted by Crippen LogP contribution is -2.54. The first kappa shape index (κ1) is 20.8. The predicted molar refractivity (Wildman–Crippen MR) is 127 cm³/mol. The Balaban J connectivity index is 1.43. The van der Waals surface area contributed by atoms with Crippen molar-refractivity contribution in [2.24, 2.45) is 0 Å². The van der Waals surface area contributed by atoms with Crippen LogP contribution in [-0.4, -0.2) is 17.8 Å². The SMILES string of the molecule is Cc1ccc(N2C(=O)NC(=O)/C(=C/c3ccc(Sc4cccc5ccccc45)o3)C2=O)cc1. The van der Waals surface area contributed by atoms with Crippen molar-refractivity contribution in [1.82, 2.24) is 5.32 Å². The van der Waals surface area contributed by atoms with E-state index in [4.69, 9.17) is 4.42 Å². The largest absolute Gasteiger partial charge is 0.450 e. The molecule has 0 spiro atoms. The number of hydrogen-bond donors (Lipinski definition) is 1. The fourth-order valence-corrected chi connectivity index (χ4v) is 4.52.